The molecule has 0 aliphatic carbocycles. The van der Waals surface area contributed by atoms with Crippen molar-refractivity contribution in [3.63, 3.8) is 0 Å². The van der Waals surface area contributed by atoms with E-state index in [0.717, 1.165) is 0 Å². The fourth-order valence-electron chi connectivity index (χ4n) is 0.703. The summed E-state index contributed by atoms with van der Waals surface area (Å²) < 4.78 is 3.06. The fourth-order valence-corrected chi connectivity index (χ4v) is 1.26. The van der Waals surface area contributed by atoms with Crippen molar-refractivity contribution in [2.75, 3.05) is 12.8 Å². The smallest absolute Gasteiger partial charge is 0.00785 e. The van der Waals surface area contributed by atoms with Gasteiger partial charge in [0.05, 0.1) is 0 Å². The zero-order chi connectivity index (χ0) is 8.95. The third-order valence-corrected chi connectivity index (χ3v) is 2.03. The van der Waals surface area contributed by atoms with Crippen molar-refractivity contribution in [2.24, 2.45) is 0 Å². The molecule has 0 aromatic heterocycles. The second-order valence-electron chi connectivity index (χ2n) is 2.11. The third-order valence-electron chi connectivity index (χ3n) is 1.24. The van der Waals surface area contributed by atoms with Crippen LogP contribution in [0.2, 0.25) is 0 Å². The van der Waals surface area contributed by atoms with Crippen LogP contribution in [0.5, 0.6) is 0 Å². The molecule has 70 valence electrons. The summed E-state index contributed by atoms with van der Waals surface area (Å²) in [4.78, 5) is 0. The van der Waals surface area contributed by atoms with Crippen LogP contribution in [0.15, 0.2) is 0 Å². The molecule has 1 N–H and O–H groups in total. The normalized spacial score (nSPS) is 8.73. The summed E-state index contributed by atoms with van der Waals surface area (Å²) in [7, 11) is 1.98. The van der Waals surface area contributed by atoms with E-state index in [2.05, 4.69) is 11.6 Å². The van der Waals surface area contributed by atoms with E-state index in [1.54, 1.807) is 0 Å². The van der Waals surface area contributed by atoms with E-state index in [9.17, 15) is 0 Å². The first-order valence-electron chi connectivity index (χ1n) is 4.70. The van der Waals surface area contributed by atoms with Crippen LogP contribution in [0.1, 0.15) is 46.5 Å². The minimum absolute atomic E-state index is 1.26. The summed E-state index contributed by atoms with van der Waals surface area (Å²) in [5, 5.41) is 0. The molecule has 1 nitrogen and oxygen atoms in total. The lowest BCUT2D eigenvalue weighted by atomic mass is 10.2. The van der Waals surface area contributed by atoms with Crippen LogP contribution < -0.4 is 4.72 Å². The van der Waals surface area contributed by atoms with Gasteiger partial charge in [0.25, 0.3) is 0 Å². The molecule has 0 unspecified atom stereocenters. The van der Waals surface area contributed by atoms with Crippen LogP contribution in [-0.4, -0.2) is 12.8 Å². The topological polar surface area (TPSA) is 12.0 Å². The molecule has 0 radical (unpaired) electrons. The van der Waals surface area contributed by atoms with E-state index in [4.69, 9.17) is 0 Å². The van der Waals surface area contributed by atoms with Gasteiger partial charge in [0.15, 0.2) is 0 Å². The van der Waals surface area contributed by atoms with Crippen molar-refractivity contribution in [3.8, 4) is 0 Å². The molecule has 0 atom stereocenters. The van der Waals surface area contributed by atoms with Crippen LogP contribution >= 0.6 is 11.9 Å². The molecule has 0 aromatic carbocycles. The van der Waals surface area contributed by atoms with Crippen LogP contribution in [0.4, 0.5) is 0 Å². The Morgan fingerprint density at radius 3 is 2.18 bits per heavy atom. The van der Waals surface area contributed by atoms with Crippen LogP contribution in [0, 0.1) is 0 Å². The highest BCUT2D eigenvalue weighted by Gasteiger charge is 1.85. The molecule has 0 bridgehead atoms. The van der Waals surface area contributed by atoms with Crippen molar-refractivity contribution in [2.45, 2.75) is 46.5 Å². The minimum atomic E-state index is 1.26. The molecular weight excluding hydrogens is 154 g/mol. The Hall–Kier alpha value is 0.310. The Balaban J connectivity index is 0. The minimum Gasteiger partial charge on any atom is -0.267 e. The first-order chi connectivity index (χ1) is 5.41. The van der Waals surface area contributed by atoms with Crippen LogP contribution in [-0.2, 0) is 0 Å². The average molecular weight is 177 g/mol. The van der Waals surface area contributed by atoms with E-state index < -0.39 is 0 Å². The van der Waals surface area contributed by atoms with Crippen molar-refractivity contribution in [3.05, 3.63) is 0 Å². The SMILES string of the molecule is CC.CCCCCCSNC. The molecule has 2 heteroatoms. The van der Waals surface area contributed by atoms with Crippen LogP contribution in [0.3, 0.4) is 0 Å². The van der Waals surface area contributed by atoms with Crippen molar-refractivity contribution in [1.29, 1.82) is 0 Å². The molecule has 0 spiro atoms. The van der Waals surface area contributed by atoms with Gasteiger partial charge in [-0.25, -0.2) is 0 Å². The lowest BCUT2D eigenvalue weighted by Crippen LogP contribution is -1.93. The lowest BCUT2D eigenvalue weighted by molar-refractivity contribution is 0.706. The van der Waals surface area contributed by atoms with Gasteiger partial charge in [-0.15, -0.1) is 0 Å². The van der Waals surface area contributed by atoms with E-state index in [1.807, 2.05) is 32.8 Å². The second kappa shape index (κ2) is 16.7. The molecule has 0 saturated carbocycles. The van der Waals surface area contributed by atoms with Gasteiger partial charge in [-0.1, -0.05) is 52.0 Å². The quantitative estimate of drug-likeness (QED) is 0.492. The Bertz CT molecular complexity index is 42.8. The summed E-state index contributed by atoms with van der Waals surface area (Å²) in [5.74, 6) is 1.26. The van der Waals surface area contributed by atoms with Crippen LogP contribution in [0.25, 0.3) is 0 Å². The molecule has 0 aliphatic rings. The predicted octanol–water partition coefficient (Wildman–Crippen LogP) is 3.46. The van der Waals surface area contributed by atoms with Crippen molar-refractivity contribution < 1.29 is 0 Å². The first kappa shape index (κ1) is 13.9. The molecule has 11 heavy (non-hydrogen) atoms. The first-order valence-corrected chi connectivity index (χ1v) is 5.69. The molecule has 0 saturated heterocycles. The largest absolute Gasteiger partial charge is 0.267 e. The Kier molecular flexibility index (Phi) is 21.1. The highest BCUT2D eigenvalue weighted by Crippen LogP contribution is 2.02. The predicted molar refractivity (Wildman–Crippen MR) is 57.0 cm³/mol. The second-order valence-corrected chi connectivity index (χ2v) is 3.22. The molecule has 0 aromatic rings. The summed E-state index contributed by atoms with van der Waals surface area (Å²) >= 11 is 1.81. The fraction of sp³-hybridized carbons (Fsp3) is 1.00. The van der Waals surface area contributed by atoms with E-state index in [-0.39, 0.29) is 0 Å². The van der Waals surface area contributed by atoms with E-state index in [1.165, 1.54) is 31.4 Å². The van der Waals surface area contributed by atoms with Gasteiger partial charge < -0.3 is 0 Å². The lowest BCUT2D eigenvalue weighted by Gasteiger charge is -1.96. The van der Waals surface area contributed by atoms with Gasteiger partial charge in [-0.05, 0) is 13.5 Å². The Labute approximate surface area is 76.5 Å². The number of unbranched alkanes of at least 4 members (excludes halogenated alkanes) is 3. The number of hydrogen-bond acceptors (Lipinski definition) is 2. The summed E-state index contributed by atoms with van der Waals surface area (Å²) in [6, 6.07) is 0. The van der Waals surface area contributed by atoms with Gasteiger partial charge >= 0.3 is 0 Å². The van der Waals surface area contributed by atoms with Gasteiger partial charge in [0.1, 0.15) is 0 Å². The van der Waals surface area contributed by atoms with Crippen molar-refractivity contribution in [1.82, 2.24) is 4.72 Å². The zero-order valence-electron chi connectivity index (χ0n) is 8.44. The van der Waals surface area contributed by atoms with E-state index in [0.29, 0.717) is 0 Å². The molecule has 0 amide bonds. The Morgan fingerprint density at radius 1 is 1.09 bits per heavy atom. The highest BCUT2D eigenvalue weighted by atomic mass is 32.2. The number of hydrogen-bond donors (Lipinski definition) is 1. The summed E-state index contributed by atoms with van der Waals surface area (Å²) in [6.07, 6.45) is 5.49. The Morgan fingerprint density at radius 2 is 1.73 bits per heavy atom. The highest BCUT2D eigenvalue weighted by molar-refractivity contribution is 7.97. The molecule has 0 heterocycles. The number of nitrogens with one attached hydrogen (secondary N) is 1. The van der Waals surface area contributed by atoms with Gasteiger partial charge in [-0.3, -0.25) is 4.72 Å². The standard InChI is InChI=1S/C7H17NS.C2H6/c1-3-4-5-6-7-9-8-2;1-2/h8H,3-7H2,1-2H3;1-2H3. The van der Waals surface area contributed by atoms with Gasteiger partial charge in [0.2, 0.25) is 0 Å². The van der Waals surface area contributed by atoms with Crippen molar-refractivity contribution >= 4 is 11.9 Å². The maximum absolute atomic E-state index is 3.06. The maximum Gasteiger partial charge on any atom is 0.00785 e. The third kappa shape index (κ3) is 17.9. The summed E-state index contributed by atoms with van der Waals surface area (Å²) in [6.45, 7) is 6.24. The maximum atomic E-state index is 3.06. The summed E-state index contributed by atoms with van der Waals surface area (Å²) in [5.41, 5.74) is 0. The van der Waals surface area contributed by atoms with Gasteiger partial charge in [0, 0.05) is 5.75 Å². The zero-order valence-corrected chi connectivity index (χ0v) is 9.26. The molecule has 0 rings (SSSR count). The molecule has 0 aliphatic heterocycles. The van der Waals surface area contributed by atoms with E-state index >= 15 is 0 Å². The molecular formula is C9H23NS. The number of rotatable bonds is 6. The monoisotopic (exact) mass is 177 g/mol. The average Bonchev–Trinajstić information content (AvgIpc) is 2.08. The molecule has 0 fully saturated rings. The van der Waals surface area contributed by atoms with Gasteiger partial charge in [-0.2, -0.15) is 0 Å².